The van der Waals surface area contributed by atoms with E-state index in [-0.39, 0.29) is 0 Å². The summed E-state index contributed by atoms with van der Waals surface area (Å²) in [5.74, 6) is -2.22. The predicted octanol–water partition coefficient (Wildman–Crippen LogP) is 0.110. The van der Waals surface area contributed by atoms with Gasteiger partial charge in [-0.25, -0.2) is 15.0 Å². The maximum atomic E-state index is 11.5. The quantitative estimate of drug-likeness (QED) is 0.519. The third kappa shape index (κ3) is 2.68. The molecule has 2 rings (SSSR count). The molecule has 8 nitrogen and oxygen atoms in total. The SMILES string of the molecule is Cc1ccc(NC(=O)NN2C(=O)NC(=O)C2=O)cc1. The maximum Gasteiger partial charge on any atom is 0.350 e. The standard InChI is InChI=1S/C11H10N4O4/c1-6-2-4-7(5-3-6)12-10(18)14-15-9(17)8(16)13-11(15)19/h2-5H,1H3,(H2,12,14,18)(H,13,16,19). The van der Waals surface area contributed by atoms with E-state index >= 15 is 0 Å². The van der Waals surface area contributed by atoms with Crippen LogP contribution < -0.4 is 16.1 Å². The molecular weight excluding hydrogens is 252 g/mol. The number of aryl methyl sites for hydroxylation is 1. The summed E-state index contributed by atoms with van der Waals surface area (Å²) in [6.07, 6.45) is 0. The molecule has 1 fully saturated rings. The van der Waals surface area contributed by atoms with E-state index in [0.717, 1.165) is 5.56 Å². The minimum Gasteiger partial charge on any atom is -0.307 e. The first kappa shape index (κ1) is 12.6. The molecule has 0 radical (unpaired) electrons. The lowest BCUT2D eigenvalue weighted by Crippen LogP contribution is -2.48. The molecule has 0 unspecified atom stereocenters. The molecule has 1 aliphatic heterocycles. The van der Waals surface area contributed by atoms with Gasteiger partial charge in [0.25, 0.3) is 0 Å². The normalized spacial score (nSPS) is 14.4. The lowest BCUT2D eigenvalue weighted by molar-refractivity contribution is -0.140. The molecule has 1 aromatic rings. The zero-order chi connectivity index (χ0) is 14.0. The van der Waals surface area contributed by atoms with Gasteiger partial charge in [-0.1, -0.05) is 17.7 Å². The smallest absolute Gasteiger partial charge is 0.307 e. The summed E-state index contributed by atoms with van der Waals surface area (Å²) in [5.41, 5.74) is 3.48. The van der Waals surface area contributed by atoms with E-state index in [0.29, 0.717) is 10.7 Å². The summed E-state index contributed by atoms with van der Waals surface area (Å²) in [5, 5.41) is 4.48. The molecule has 8 heteroatoms. The van der Waals surface area contributed by atoms with Crippen molar-refractivity contribution in [3.63, 3.8) is 0 Å². The molecular formula is C11H10N4O4. The molecule has 0 aromatic heterocycles. The number of urea groups is 2. The van der Waals surface area contributed by atoms with Crippen LogP contribution in [0, 0.1) is 6.92 Å². The van der Waals surface area contributed by atoms with Gasteiger partial charge >= 0.3 is 23.9 Å². The lowest BCUT2D eigenvalue weighted by atomic mass is 10.2. The number of anilines is 1. The number of benzene rings is 1. The number of nitrogens with one attached hydrogen (secondary N) is 3. The van der Waals surface area contributed by atoms with Crippen LogP contribution in [0.3, 0.4) is 0 Å². The first-order valence-electron chi connectivity index (χ1n) is 5.31. The van der Waals surface area contributed by atoms with Crippen LogP contribution in [0.1, 0.15) is 5.56 Å². The number of hydrogen-bond acceptors (Lipinski definition) is 4. The Morgan fingerprint density at radius 3 is 2.32 bits per heavy atom. The second kappa shape index (κ2) is 4.77. The zero-order valence-corrected chi connectivity index (χ0v) is 9.89. The second-order valence-electron chi connectivity index (χ2n) is 3.83. The van der Waals surface area contributed by atoms with E-state index in [1.54, 1.807) is 29.6 Å². The van der Waals surface area contributed by atoms with Crippen LogP contribution >= 0.6 is 0 Å². The molecule has 0 spiro atoms. The fourth-order valence-electron chi connectivity index (χ4n) is 1.40. The molecule has 1 heterocycles. The van der Waals surface area contributed by atoms with Gasteiger partial charge in [0.1, 0.15) is 0 Å². The van der Waals surface area contributed by atoms with Crippen LogP contribution in [0.15, 0.2) is 24.3 Å². The fourth-order valence-corrected chi connectivity index (χ4v) is 1.40. The van der Waals surface area contributed by atoms with Gasteiger partial charge in [-0.15, -0.1) is 0 Å². The Morgan fingerprint density at radius 1 is 1.16 bits per heavy atom. The highest BCUT2D eigenvalue weighted by molar-refractivity contribution is 6.44. The Labute approximate surface area is 107 Å². The van der Waals surface area contributed by atoms with Gasteiger partial charge in [0, 0.05) is 5.69 Å². The molecule has 1 aliphatic rings. The van der Waals surface area contributed by atoms with E-state index < -0.39 is 23.9 Å². The summed E-state index contributed by atoms with van der Waals surface area (Å²) in [4.78, 5) is 44.8. The number of imide groups is 2. The van der Waals surface area contributed by atoms with Crippen LogP contribution in [-0.4, -0.2) is 28.9 Å². The lowest BCUT2D eigenvalue weighted by Gasteiger charge is -2.13. The minimum absolute atomic E-state index is 0.311. The molecule has 1 saturated heterocycles. The molecule has 98 valence electrons. The predicted molar refractivity (Wildman–Crippen MR) is 63.7 cm³/mol. The first-order valence-corrected chi connectivity index (χ1v) is 5.31. The fraction of sp³-hybridized carbons (Fsp3) is 0.0909. The van der Waals surface area contributed by atoms with Gasteiger partial charge in [-0.3, -0.25) is 14.9 Å². The number of carbonyl (C=O) groups is 4. The Hall–Kier alpha value is -2.90. The van der Waals surface area contributed by atoms with Crippen molar-refractivity contribution in [2.45, 2.75) is 6.92 Å². The minimum atomic E-state index is -1.14. The highest BCUT2D eigenvalue weighted by Crippen LogP contribution is 2.08. The summed E-state index contributed by atoms with van der Waals surface area (Å²) in [7, 11) is 0. The number of hydrazine groups is 1. The molecule has 19 heavy (non-hydrogen) atoms. The second-order valence-corrected chi connectivity index (χ2v) is 3.83. The van der Waals surface area contributed by atoms with Crippen molar-refractivity contribution < 1.29 is 19.2 Å². The Balaban J connectivity index is 1.98. The molecule has 1 aromatic carbocycles. The number of carbonyl (C=O) groups excluding carboxylic acids is 4. The van der Waals surface area contributed by atoms with Crippen molar-refractivity contribution in [2.75, 3.05) is 5.32 Å². The highest BCUT2D eigenvalue weighted by Gasteiger charge is 2.38. The van der Waals surface area contributed by atoms with Gasteiger partial charge in [0.05, 0.1) is 0 Å². The van der Waals surface area contributed by atoms with Gasteiger partial charge in [0.2, 0.25) is 0 Å². The number of hydrogen-bond donors (Lipinski definition) is 3. The maximum absolute atomic E-state index is 11.5. The molecule has 6 amide bonds. The van der Waals surface area contributed by atoms with Crippen molar-refractivity contribution >= 4 is 29.6 Å². The number of amides is 6. The van der Waals surface area contributed by atoms with Crippen LogP contribution in [0.2, 0.25) is 0 Å². The topological polar surface area (TPSA) is 108 Å². The monoisotopic (exact) mass is 262 g/mol. The van der Waals surface area contributed by atoms with Crippen molar-refractivity contribution in [3.8, 4) is 0 Å². The molecule has 0 aliphatic carbocycles. The first-order chi connectivity index (χ1) is 8.97. The van der Waals surface area contributed by atoms with E-state index in [1.165, 1.54) is 0 Å². The van der Waals surface area contributed by atoms with E-state index in [1.807, 2.05) is 12.3 Å². The summed E-state index contributed by atoms with van der Waals surface area (Å²) in [6.45, 7) is 1.89. The largest absolute Gasteiger partial charge is 0.350 e. The average Bonchev–Trinajstić information content (AvgIpc) is 2.59. The molecule has 0 atom stereocenters. The number of rotatable bonds is 2. The van der Waals surface area contributed by atoms with E-state index in [2.05, 4.69) is 5.32 Å². The van der Waals surface area contributed by atoms with Crippen molar-refractivity contribution in [1.82, 2.24) is 15.8 Å². The summed E-state index contributed by atoms with van der Waals surface area (Å²) in [6, 6.07) is 5.09. The van der Waals surface area contributed by atoms with Crippen LogP contribution in [0.4, 0.5) is 15.3 Å². The Kier molecular flexibility index (Phi) is 3.15. The van der Waals surface area contributed by atoms with Gasteiger partial charge in [-0.05, 0) is 19.1 Å². The van der Waals surface area contributed by atoms with Crippen LogP contribution in [-0.2, 0) is 9.59 Å². The third-order valence-corrected chi connectivity index (χ3v) is 2.34. The van der Waals surface area contributed by atoms with Crippen molar-refractivity contribution in [1.29, 1.82) is 0 Å². The van der Waals surface area contributed by atoms with E-state index in [9.17, 15) is 19.2 Å². The highest BCUT2D eigenvalue weighted by atomic mass is 16.2. The molecule has 0 saturated carbocycles. The molecule has 3 N–H and O–H groups in total. The van der Waals surface area contributed by atoms with Crippen LogP contribution in [0.25, 0.3) is 0 Å². The zero-order valence-electron chi connectivity index (χ0n) is 9.89. The van der Waals surface area contributed by atoms with Crippen LogP contribution in [0.5, 0.6) is 0 Å². The van der Waals surface area contributed by atoms with Gasteiger partial charge in [-0.2, -0.15) is 5.01 Å². The number of nitrogens with zero attached hydrogens (tertiary/aromatic N) is 1. The van der Waals surface area contributed by atoms with Crippen molar-refractivity contribution in [2.24, 2.45) is 0 Å². The average molecular weight is 262 g/mol. The van der Waals surface area contributed by atoms with Crippen molar-refractivity contribution in [3.05, 3.63) is 29.8 Å². The Bertz CT molecular complexity index is 567. The molecule has 0 bridgehead atoms. The Morgan fingerprint density at radius 2 is 1.79 bits per heavy atom. The summed E-state index contributed by atoms with van der Waals surface area (Å²) >= 11 is 0. The third-order valence-electron chi connectivity index (χ3n) is 2.34. The van der Waals surface area contributed by atoms with E-state index in [4.69, 9.17) is 0 Å². The van der Waals surface area contributed by atoms with Gasteiger partial charge < -0.3 is 5.32 Å². The summed E-state index contributed by atoms with van der Waals surface area (Å²) < 4.78 is 0. The van der Waals surface area contributed by atoms with Gasteiger partial charge in [0.15, 0.2) is 0 Å².